The van der Waals surface area contributed by atoms with Crippen LogP contribution in [-0.2, 0) is 10.0 Å². The summed E-state index contributed by atoms with van der Waals surface area (Å²) >= 11 is 0. The molecule has 2 atom stereocenters. The van der Waals surface area contributed by atoms with Crippen LogP contribution >= 0.6 is 12.4 Å². The van der Waals surface area contributed by atoms with Gasteiger partial charge in [0.1, 0.15) is 4.90 Å². The lowest BCUT2D eigenvalue weighted by atomic mass is 9.96. The standard InChI is InChI=1S/C12H15F3N2O2S.ClH/c1-7-4-5-16-6-9(7)17-20(18,19)10-3-2-8(13)11(14)12(10)15;/h2-3,7,9,16-17H,4-6H2,1H3;1H. The molecule has 0 aliphatic carbocycles. The second-order valence-corrected chi connectivity index (χ2v) is 6.55. The summed E-state index contributed by atoms with van der Waals surface area (Å²) in [6, 6.07) is 0.897. The maximum absolute atomic E-state index is 13.6. The monoisotopic (exact) mass is 344 g/mol. The highest BCUT2D eigenvalue weighted by atomic mass is 35.5. The maximum atomic E-state index is 13.6. The summed E-state index contributed by atoms with van der Waals surface area (Å²) in [5, 5.41) is 3.02. The zero-order valence-electron chi connectivity index (χ0n) is 11.2. The van der Waals surface area contributed by atoms with Crippen LogP contribution in [0, 0.1) is 23.4 Å². The van der Waals surface area contributed by atoms with Crippen LogP contribution in [-0.4, -0.2) is 27.5 Å². The van der Waals surface area contributed by atoms with E-state index < -0.39 is 38.4 Å². The van der Waals surface area contributed by atoms with Gasteiger partial charge >= 0.3 is 0 Å². The van der Waals surface area contributed by atoms with Crippen molar-refractivity contribution in [3.63, 3.8) is 0 Å². The Hall–Kier alpha value is -0.830. The Morgan fingerprint density at radius 1 is 1.24 bits per heavy atom. The molecule has 120 valence electrons. The van der Waals surface area contributed by atoms with E-state index in [1.54, 1.807) is 0 Å². The summed E-state index contributed by atoms with van der Waals surface area (Å²) in [5.41, 5.74) is 0. The van der Waals surface area contributed by atoms with Gasteiger partial charge in [0.2, 0.25) is 10.0 Å². The largest absolute Gasteiger partial charge is 0.315 e. The van der Waals surface area contributed by atoms with E-state index in [2.05, 4.69) is 10.0 Å². The normalized spacial score (nSPS) is 22.7. The smallest absolute Gasteiger partial charge is 0.243 e. The summed E-state index contributed by atoms with van der Waals surface area (Å²) in [6.07, 6.45) is 0.771. The maximum Gasteiger partial charge on any atom is 0.243 e. The predicted molar refractivity (Wildman–Crippen MR) is 74.3 cm³/mol. The average Bonchev–Trinajstić information content (AvgIpc) is 2.38. The third-order valence-corrected chi connectivity index (χ3v) is 4.93. The second-order valence-electron chi connectivity index (χ2n) is 4.87. The number of nitrogens with one attached hydrogen (secondary N) is 2. The van der Waals surface area contributed by atoms with Crippen LogP contribution < -0.4 is 10.0 Å². The van der Waals surface area contributed by atoms with Gasteiger partial charge in [-0.1, -0.05) is 6.92 Å². The van der Waals surface area contributed by atoms with Gasteiger partial charge in [-0.25, -0.2) is 26.3 Å². The zero-order valence-corrected chi connectivity index (χ0v) is 12.8. The average molecular weight is 345 g/mol. The molecule has 0 spiro atoms. The molecule has 0 saturated carbocycles. The van der Waals surface area contributed by atoms with Crippen LogP contribution in [0.5, 0.6) is 0 Å². The van der Waals surface area contributed by atoms with E-state index in [1.807, 2.05) is 6.92 Å². The molecule has 1 aromatic carbocycles. The van der Waals surface area contributed by atoms with Crippen LogP contribution in [0.25, 0.3) is 0 Å². The Morgan fingerprint density at radius 2 is 1.90 bits per heavy atom. The molecule has 1 saturated heterocycles. The van der Waals surface area contributed by atoms with Gasteiger partial charge < -0.3 is 5.32 Å². The van der Waals surface area contributed by atoms with Crippen molar-refractivity contribution in [3.8, 4) is 0 Å². The number of hydrogen-bond acceptors (Lipinski definition) is 3. The van der Waals surface area contributed by atoms with Gasteiger partial charge in [0.25, 0.3) is 0 Å². The van der Waals surface area contributed by atoms with Crippen LogP contribution in [0.1, 0.15) is 13.3 Å². The molecule has 0 radical (unpaired) electrons. The molecule has 1 heterocycles. The fraction of sp³-hybridized carbons (Fsp3) is 0.500. The topological polar surface area (TPSA) is 58.2 Å². The highest BCUT2D eigenvalue weighted by molar-refractivity contribution is 7.89. The number of piperidine rings is 1. The van der Waals surface area contributed by atoms with Crippen molar-refractivity contribution in [1.82, 2.24) is 10.0 Å². The molecule has 0 bridgehead atoms. The summed E-state index contributed by atoms with van der Waals surface area (Å²) in [6.45, 7) is 3.06. The SMILES string of the molecule is CC1CCNCC1NS(=O)(=O)c1ccc(F)c(F)c1F.Cl. The van der Waals surface area contributed by atoms with Gasteiger partial charge in [0, 0.05) is 12.6 Å². The summed E-state index contributed by atoms with van der Waals surface area (Å²) in [5.74, 6) is -4.84. The van der Waals surface area contributed by atoms with E-state index in [1.165, 1.54) is 0 Å². The molecule has 21 heavy (non-hydrogen) atoms. The quantitative estimate of drug-likeness (QED) is 0.822. The highest BCUT2D eigenvalue weighted by Gasteiger charge is 2.30. The molecule has 0 amide bonds. The molecule has 0 aromatic heterocycles. The fourth-order valence-corrected chi connectivity index (χ4v) is 3.54. The first-order valence-electron chi connectivity index (χ1n) is 6.19. The molecule has 2 unspecified atom stereocenters. The van der Waals surface area contributed by atoms with Crippen LogP contribution in [0.4, 0.5) is 13.2 Å². The minimum Gasteiger partial charge on any atom is -0.315 e. The minimum atomic E-state index is -4.23. The van der Waals surface area contributed by atoms with E-state index in [9.17, 15) is 21.6 Å². The molecular weight excluding hydrogens is 329 g/mol. The molecule has 1 aliphatic rings. The van der Waals surface area contributed by atoms with Crippen molar-refractivity contribution in [1.29, 1.82) is 0 Å². The molecule has 1 fully saturated rings. The molecule has 1 aromatic rings. The van der Waals surface area contributed by atoms with Crippen molar-refractivity contribution in [2.24, 2.45) is 5.92 Å². The van der Waals surface area contributed by atoms with Gasteiger partial charge in [0.05, 0.1) is 0 Å². The lowest BCUT2D eigenvalue weighted by molar-refractivity contribution is 0.326. The lowest BCUT2D eigenvalue weighted by Gasteiger charge is -2.30. The lowest BCUT2D eigenvalue weighted by Crippen LogP contribution is -2.50. The Kier molecular flexibility index (Phi) is 6.03. The molecule has 2 rings (SSSR count). The first kappa shape index (κ1) is 18.2. The molecule has 1 aliphatic heterocycles. The summed E-state index contributed by atoms with van der Waals surface area (Å²) in [7, 11) is -4.23. The van der Waals surface area contributed by atoms with Crippen molar-refractivity contribution < 1.29 is 21.6 Å². The van der Waals surface area contributed by atoms with Gasteiger partial charge in [-0.2, -0.15) is 0 Å². The Morgan fingerprint density at radius 3 is 2.52 bits per heavy atom. The molecule has 9 heteroatoms. The Labute approximate surface area is 127 Å². The van der Waals surface area contributed by atoms with Crippen LogP contribution in [0.3, 0.4) is 0 Å². The van der Waals surface area contributed by atoms with Gasteiger partial charge in [-0.15, -0.1) is 12.4 Å². The first-order valence-corrected chi connectivity index (χ1v) is 7.68. The van der Waals surface area contributed by atoms with Crippen molar-refractivity contribution >= 4 is 22.4 Å². The zero-order chi connectivity index (χ0) is 14.9. The summed E-state index contributed by atoms with van der Waals surface area (Å²) in [4.78, 5) is -0.880. The highest BCUT2D eigenvalue weighted by Crippen LogP contribution is 2.21. The third-order valence-electron chi connectivity index (χ3n) is 3.42. The van der Waals surface area contributed by atoms with Crippen molar-refractivity contribution in [3.05, 3.63) is 29.6 Å². The van der Waals surface area contributed by atoms with E-state index in [-0.39, 0.29) is 18.3 Å². The molecule has 2 N–H and O–H groups in total. The van der Waals surface area contributed by atoms with Crippen molar-refractivity contribution in [2.75, 3.05) is 13.1 Å². The van der Waals surface area contributed by atoms with E-state index >= 15 is 0 Å². The number of sulfonamides is 1. The summed E-state index contributed by atoms with van der Waals surface area (Å²) < 4.78 is 66.0. The van der Waals surface area contributed by atoms with E-state index in [0.717, 1.165) is 19.0 Å². The van der Waals surface area contributed by atoms with Gasteiger partial charge in [0.15, 0.2) is 17.5 Å². The number of hydrogen-bond donors (Lipinski definition) is 2. The fourth-order valence-electron chi connectivity index (χ4n) is 2.13. The number of rotatable bonds is 3. The molecule has 4 nitrogen and oxygen atoms in total. The van der Waals surface area contributed by atoms with Gasteiger partial charge in [-0.05, 0) is 31.0 Å². The predicted octanol–water partition coefficient (Wildman–Crippen LogP) is 1.80. The molecular formula is C12H16ClF3N2O2S. The van der Waals surface area contributed by atoms with Crippen molar-refractivity contribution in [2.45, 2.75) is 24.3 Å². The van der Waals surface area contributed by atoms with E-state index in [4.69, 9.17) is 0 Å². The Balaban J connectivity index is 0.00000220. The Bertz CT molecular complexity index is 613. The minimum absolute atomic E-state index is 0. The second kappa shape index (κ2) is 6.95. The van der Waals surface area contributed by atoms with Crippen LogP contribution in [0.15, 0.2) is 17.0 Å². The number of benzene rings is 1. The van der Waals surface area contributed by atoms with E-state index in [0.29, 0.717) is 12.6 Å². The number of halogens is 4. The first-order chi connectivity index (χ1) is 9.33. The van der Waals surface area contributed by atoms with Crippen LogP contribution in [0.2, 0.25) is 0 Å². The van der Waals surface area contributed by atoms with Gasteiger partial charge in [-0.3, -0.25) is 0 Å². The third kappa shape index (κ3) is 3.88.